The summed E-state index contributed by atoms with van der Waals surface area (Å²) in [6.45, 7) is 0.994. The lowest BCUT2D eigenvalue weighted by Gasteiger charge is -2.06. The molecule has 7 heteroatoms. The topological polar surface area (TPSA) is 82.7 Å². The van der Waals surface area contributed by atoms with E-state index in [-0.39, 0.29) is 17.4 Å². The summed E-state index contributed by atoms with van der Waals surface area (Å²) in [5.41, 5.74) is 1.92. The molecule has 0 saturated heterocycles. The molecule has 0 aliphatic heterocycles. The first-order valence-corrected chi connectivity index (χ1v) is 7.46. The summed E-state index contributed by atoms with van der Waals surface area (Å²) in [5.74, 6) is -0.672. The number of halogens is 1. The van der Waals surface area contributed by atoms with Gasteiger partial charge in [-0.3, -0.25) is 14.9 Å². The highest BCUT2D eigenvalue weighted by molar-refractivity contribution is 5.93. The van der Waals surface area contributed by atoms with Gasteiger partial charge in [0, 0.05) is 31.0 Å². The minimum Gasteiger partial charge on any atom is -0.382 e. The molecule has 122 valence electrons. The normalized spacial score (nSPS) is 10.4. The molecule has 0 saturated carbocycles. The van der Waals surface area contributed by atoms with Crippen molar-refractivity contribution in [2.24, 2.45) is 0 Å². The number of carbonyl (C=O) groups excluding carboxylic acids is 1. The maximum atomic E-state index is 13.7. The zero-order valence-electron chi connectivity index (χ0n) is 12.8. The van der Waals surface area contributed by atoms with Gasteiger partial charge in [-0.2, -0.15) is 5.10 Å². The van der Waals surface area contributed by atoms with Crippen molar-refractivity contribution < 1.29 is 9.18 Å². The Bertz CT molecular complexity index is 819. The summed E-state index contributed by atoms with van der Waals surface area (Å²) in [6, 6.07) is 11.5. The van der Waals surface area contributed by atoms with Gasteiger partial charge in [0.2, 0.25) is 0 Å². The average molecular weight is 325 g/mol. The summed E-state index contributed by atoms with van der Waals surface area (Å²) in [5, 5.41) is 12.5. The van der Waals surface area contributed by atoms with Crippen molar-refractivity contribution in [1.82, 2.24) is 20.5 Å². The van der Waals surface area contributed by atoms with E-state index in [9.17, 15) is 9.18 Å². The van der Waals surface area contributed by atoms with Gasteiger partial charge >= 0.3 is 0 Å². The molecule has 0 fully saturated rings. The van der Waals surface area contributed by atoms with E-state index in [1.54, 1.807) is 30.6 Å². The first-order valence-electron chi connectivity index (χ1n) is 7.46. The number of anilines is 1. The van der Waals surface area contributed by atoms with Crippen LogP contribution < -0.4 is 10.6 Å². The lowest BCUT2D eigenvalue weighted by Crippen LogP contribution is -2.29. The van der Waals surface area contributed by atoms with E-state index < -0.39 is 0 Å². The number of benzene rings is 1. The summed E-state index contributed by atoms with van der Waals surface area (Å²) in [6.07, 6.45) is 3.40. The van der Waals surface area contributed by atoms with E-state index in [0.29, 0.717) is 24.3 Å². The molecule has 1 aromatic carbocycles. The van der Waals surface area contributed by atoms with Crippen LogP contribution in [0, 0.1) is 5.82 Å². The minimum atomic E-state index is -0.378. The Morgan fingerprint density at radius 1 is 1.17 bits per heavy atom. The number of H-pyrrole nitrogens is 1. The second-order valence-corrected chi connectivity index (χ2v) is 5.07. The zero-order valence-corrected chi connectivity index (χ0v) is 12.8. The van der Waals surface area contributed by atoms with Gasteiger partial charge in [0.05, 0.1) is 11.4 Å². The zero-order chi connectivity index (χ0) is 16.8. The molecule has 3 N–H and O–H groups in total. The van der Waals surface area contributed by atoms with Crippen molar-refractivity contribution in [3.8, 4) is 11.3 Å². The second-order valence-electron chi connectivity index (χ2n) is 5.07. The van der Waals surface area contributed by atoms with Crippen LogP contribution >= 0.6 is 0 Å². The van der Waals surface area contributed by atoms with Crippen LogP contribution in [0.1, 0.15) is 10.5 Å². The van der Waals surface area contributed by atoms with Crippen molar-refractivity contribution in [2.75, 3.05) is 18.4 Å². The first-order chi connectivity index (χ1) is 11.7. The van der Waals surface area contributed by atoms with Gasteiger partial charge in [-0.05, 0) is 30.3 Å². The Hall–Kier alpha value is -3.22. The monoisotopic (exact) mass is 325 g/mol. The molecular formula is C17H16FN5O. The predicted octanol–water partition coefficient (Wildman–Crippen LogP) is 2.45. The van der Waals surface area contributed by atoms with Gasteiger partial charge in [-0.25, -0.2) is 4.39 Å². The van der Waals surface area contributed by atoms with E-state index in [1.165, 1.54) is 12.1 Å². The molecule has 0 radical (unpaired) electrons. The second kappa shape index (κ2) is 7.36. The standard InChI is InChI=1S/C17H16FN5O/c18-14-6-2-1-5-13(14)15-10-16(23-22-15)17(24)21-9-8-20-12-4-3-7-19-11-12/h1-7,10-11,20H,8-9H2,(H,21,24)(H,22,23). The number of pyridine rings is 1. The molecule has 1 amide bonds. The molecule has 2 heterocycles. The van der Waals surface area contributed by atoms with Crippen LogP contribution in [0.15, 0.2) is 54.9 Å². The Kier molecular flexibility index (Phi) is 4.81. The molecule has 3 rings (SSSR count). The number of carbonyl (C=O) groups is 1. The third-order valence-electron chi connectivity index (χ3n) is 3.37. The van der Waals surface area contributed by atoms with Crippen molar-refractivity contribution in [3.63, 3.8) is 0 Å². The van der Waals surface area contributed by atoms with Crippen molar-refractivity contribution >= 4 is 11.6 Å². The highest BCUT2D eigenvalue weighted by Crippen LogP contribution is 2.20. The number of aromatic amines is 1. The lowest BCUT2D eigenvalue weighted by molar-refractivity contribution is 0.0950. The molecule has 0 aliphatic rings. The van der Waals surface area contributed by atoms with Gasteiger partial charge in [0.25, 0.3) is 5.91 Å². The third kappa shape index (κ3) is 3.75. The smallest absolute Gasteiger partial charge is 0.269 e. The Labute approximate surface area is 138 Å². The molecule has 3 aromatic rings. The van der Waals surface area contributed by atoms with Crippen LogP contribution in [0.25, 0.3) is 11.3 Å². The van der Waals surface area contributed by atoms with E-state index in [4.69, 9.17) is 0 Å². The fourth-order valence-electron chi connectivity index (χ4n) is 2.19. The van der Waals surface area contributed by atoms with Crippen LogP contribution in [-0.4, -0.2) is 34.2 Å². The Balaban J connectivity index is 1.54. The van der Waals surface area contributed by atoms with Gasteiger partial charge in [0.15, 0.2) is 0 Å². The molecule has 2 aromatic heterocycles. The fraction of sp³-hybridized carbons (Fsp3) is 0.118. The number of hydrogen-bond acceptors (Lipinski definition) is 4. The number of amides is 1. The third-order valence-corrected chi connectivity index (χ3v) is 3.37. The summed E-state index contributed by atoms with van der Waals surface area (Å²) < 4.78 is 13.7. The molecule has 0 spiro atoms. The Morgan fingerprint density at radius 2 is 2.04 bits per heavy atom. The first kappa shape index (κ1) is 15.7. The van der Waals surface area contributed by atoms with Crippen LogP contribution in [0.4, 0.5) is 10.1 Å². The summed E-state index contributed by atoms with van der Waals surface area (Å²) in [4.78, 5) is 16.1. The van der Waals surface area contributed by atoms with E-state index in [0.717, 1.165) is 5.69 Å². The average Bonchev–Trinajstić information content (AvgIpc) is 3.10. The van der Waals surface area contributed by atoms with Crippen LogP contribution in [0.2, 0.25) is 0 Å². The number of rotatable bonds is 6. The fourth-order valence-corrected chi connectivity index (χ4v) is 2.19. The van der Waals surface area contributed by atoms with Gasteiger partial charge in [0.1, 0.15) is 11.5 Å². The molecule has 6 nitrogen and oxygen atoms in total. The number of nitrogens with one attached hydrogen (secondary N) is 3. The van der Waals surface area contributed by atoms with Crippen molar-refractivity contribution in [2.45, 2.75) is 0 Å². The van der Waals surface area contributed by atoms with E-state index >= 15 is 0 Å². The SMILES string of the molecule is O=C(NCCNc1cccnc1)c1cc(-c2ccccc2F)n[nH]1. The van der Waals surface area contributed by atoms with Crippen molar-refractivity contribution in [3.05, 3.63) is 66.4 Å². The number of hydrogen-bond donors (Lipinski definition) is 3. The van der Waals surface area contributed by atoms with Crippen molar-refractivity contribution in [1.29, 1.82) is 0 Å². The lowest BCUT2D eigenvalue weighted by atomic mass is 10.1. The molecular weight excluding hydrogens is 309 g/mol. The van der Waals surface area contributed by atoms with Gasteiger partial charge < -0.3 is 10.6 Å². The molecule has 0 aliphatic carbocycles. The highest BCUT2D eigenvalue weighted by Gasteiger charge is 2.12. The quantitative estimate of drug-likeness (QED) is 0.608. The number of nitrogens with zero attached hydrogens (tertiary/aromatic N) is 2. The number of aromatic nitrogens is 3. The van der Waals surface area contributed by atoms with Crippen LogP contribution in [0.3, 0.4) is 0 Å². The minimum absolute atomic E-state index is 0.287. The highest BCUT2D eigenvalue weighted by atomic mass is 19.1. The van der Waals surface area contributed by atoms with Crippen LogP contribution in [0.5, 0.6) is 0 Å². The largest absolute Gasteiger partial charge is 0.382 e. The van der Waals surface area contributed by atoms with E-state index in [2.05, 4.69) is 25.8 Å². The maximum Gasteiger partial charge on any atom is 0.269 e. The predicted molar refractivity (Wildman–Crippen MR) is 89.0 cm³/mol. The van der Waals surface area contributed by atoms with E-state index in [1.807, 2.05) is 12.1 Å². The molecule has 0 atom stereocenters. The molecule has 24 heavy (non-hydrogen) atoms. The van der Waals surface area contributed by atoms with Gasteiger partial charge in [-0.1, -0.05) is 12.1 Å². The Morgan fingerprint density at radius 3 is 2.83 bits per heavy atom. The molecule has 0 bridgehead atoms. The maximum absolute atomic E-state index is 13.7. The molecule has 0 unspecified atom stereocenters. The summed E-state index contributed by atoms with van der Waals surface area (Å²) >= 11 is 0. The summed E-state index contributed by atoms with van der Waals surface area (Å²) in [7, 11) is 0. The van der Waals surface area contributed by atoms with Gasteiger partial charge in [-0.15, -0.1) is 0 Å². The van der Waals surface area contributed by atoms with Crippen LogP contribution in [-0.2, 0) is 0 Å².